The Kier molecular flexibility index (Phi) is 3.29. The van der Waals surface area contributed by atoms with Crippen molar-refractivity contribution >= 4 is 5.69 Å². The lowest BCUT2D eigenvalue weighted by atomic mass is 10.1. The van der Waals surface area contributed by atoms with Crippen molar-refractivity contribution in [3.05, 3.63) is 18.2 Å². The van der Waals surface area contributed by atoms with Gasteiger partial charge in [0.15, 0.2) is 11.5 Å². The Morgan fingerprint density at radius 2 is 1.68 bits per heavy atom. The fourth-order valence-electron chi connectivity index (χ4n) is 2.97. The predicted molar refractivity (Wildman–Crippen MR) is 76.9 cm³/mol. The lowest BCUT2D eigenvalue weighted by molar-refractivity contribution is -0.0431. The lowest BCUT2D eigenvalue weighted by Crippen LogP contribution is -2.29. The molecule has 0 amide bonds. The topological polar surface area (TPSA) is 30.5 Å². The molecule has 104 valence electrons. The van der Waals surface area contributed by atoms with Gasteiger partial charge in [-0.15, -0.1) is 0 Å². The zero-order valence-corrected chi connectivity index (χ0v) is 11.9. The van der Waals surface area contributed by atoms with E-state index in [4.69, 9.17) is 9.47 Å². The molecule has 0 bridgehead atoms. The van der Waals surface area contributed by atoms with E-state index in [-0.39, 0.29) is 0 Å². The maximum atomic E-state index is 5.79. The second-order valence-electron chi connectivity index (χ2n) is 6.10. The molecule has 1 aliphatic heterocycles. The molecule has 1 saturated carbocycles. The van der Waals surface area contributed by atoms with Gasteiger partial charge in [-0.25, -0.2) is 0 Å². The van der Waals surface area contributed by atoms with Crippen LogP contribution >= 0.6 is 0 Å². The van der Waals surface area contributed by atoms with Crippen LogP contribution in [0.25, 0.3) is 0 Å². The van der Waals surface area contributed by atoms with Crippen molar-refractivity contribution in [2.75, 3.05) is 5.32 Å². The normalized spacial score (nSPS) is 22.0. The maximum absolute atomic E-state index is 5.79. The molecular weight excluding hydrogens is 238 g/mol. The molecule has 0 unspecified atom stereocenters. The molecule has 0 radical (unpaired) electrons. The molecule has 0 atom stereocenters. The van der Waals surface area contributed by atoms with Crippen LogP contribution in [0.2, 0.25) is 0 Å². The van der Waals surface area contributed by atoms with Gasteiger partial charge < -0.3 is 14.8 Å². The third kappa shape index (κ3) is 2.96. The summed E-state index contributed by atoms with van der Waals surface area (Å²) in [5, 5.41) is 3.64. The van der Waals surface area contributed by atoms with E-state index in [1.54, 1.807) is 0 Å². The Hall–Kier alpha value is -1.38. The van der Waals surface area contributed by atoms with Crippen LogP contribution in [0.5, 0.6) is 11.5 Å². The summed E-state index contributed by atoms with van der Waals surface area (Å²) in [4.78, 5) is 0. The van der Waals surface area contributed by atoms with E-state index in [2.05, 4.69) is 17.4 Å². The molecule has 19 heavy (non-hydrogen) atoms. The van der Waals surface area contributed by atoms with Gasteiger partial charge in [0.05, 0.1) is 0 Å². The summed E-state index contributed by atoms with van der Waals surface area (Å²) in [5.74, 6) is 1.16. The van der Waals surface area contributed by atoms with E-state index in [1.807, 2.05) is 19.9 Å². The van der Waals surface area contributed by atoms with Crippen molar-refractivity contribution in [1.82, 2.24) is 0 Å². The largest absolute Gasteiger partial charge is 0.449 e. The third-order valence-electron chi connectivity index (χ3n) is 3.88. The second kappa shape index (κ2) is 4.95. The minimum atomic E-state index is -0.538. The highest BCUT2D eigenvalue weighted by atomic mass is 16.7. The van der Waals surface area contributed by atoms with Gasteiger partial charge in [-0.1, -0.05) is 25.7 Å². The lowest BCUT2D eigenvalue weighted by Gasteiger charge is -2.18. The van der Waals surface area contributed by atoms with Gasteiger partial charge in [0.25, 0.3) is 0 Å². The van der Waals surface area contributed by atoms with Gasteiger partial charge in [0.2, 0.25) is 5.79 Å². The Balaban J connectivity index is 1.69. The molecule has 1 fully saturated rings. The SMILES string of the molecule is CC1(C)Oc2ccc(NC3CCCCCC3)cc2O1. The van der Waals surface area contributed by atoms with Crippen molar-refractivity contribution in [2.24, 2.45) is 0 Å². The van der Waals surface area contributed by atoms with Gasteiger partial charge in [0, 0.05) is 31.6 Å². The highest BCUT2D eigenvalue weighted by molar-refractivity contribution is 5.56. The fourth-order valence-corrected chi connectivity index (χ4v) is 2.97. The number of nitrogens with one attached hydrogen (secondary N) is 1. The van der Waals surface area contributed by atoms with Crippen LogP contribution in [0.15, 0.2) is 18.2 Å². The van der Waals surface area contributed by atoms with Crippen LogP contribution in [0.4, 0.5) is 5.69 Å². The molecule has 3 rings (SSSR count). The molecule has 1 heterocycles. The number of ether oxygens (including phenoxy) is 2. The Morgan fingerprint density at radius 3 is 2.42 bits per heavy atom. The van der Waals surface area contributed by atoms with Crippen molar-refractivity contribution < 1.29 is 9.47 Å². The van der Waals surface area contributed by atoms with Crippen molar-refractivity contribution in [1.29, 1.82) is 0 Å². The quantitative estimate of drug-likeness (QED) is 0.804. The van der Waals surface area contributed by atoms with E-state index in [0.29, 0.717) is 6.04 Å². The van der Waals surface area contributed by atoms with Crippen molar-refractivity contribution in [2.45, 2.75) is 64.2 Å². The van der Waals surface area contributed by atoms with Crippen LogP contribution in [0.3, 0.4) is 0 Å². The zero-order chi connectivity index (χ0) is 13.3. The van der Waals surface area contributed by atoms with Crippen molar-refractivity contribution in [3.8, 4) is 11.5 Å². The average Bonchev–Trinajstić information content (AvgIpc) is 2.52. The predicted octanol–water partition coefficient (Wildman–Crippen LogP) is 4.33. The molecule has 2 aliphatic rings. The summed E-state index contributed by atoms with van der Waals surface area (Å²) in [6.07, 6.45) is 8.01. The van der Waals surface area contributed by atoms with Crippen LogP contribution < -0.4 is 14.8 Å². The fraction of sp³-hybridized carbons (Fsp3) is 0.625. The Morgan fingerprint density at radius 1 is 1.00 bits per heavy atom. The molecule has 1 aromatic rings. The summed E-state index contributed by atoms with van der Waals surface area (Å²) < 4.78 is 11.5. The van der Waals surface area contributed by atoms with Gasteiger partial charge in [0.1, 0.15) is 0 Å². The van der Waals surface area contributed by atoms with Crippen LogP contribution in [0, 0.1) is 0 Å². The van der Waals surface area contributed by atoms with E-state index in [9.17, 15) is 0 Å². The summed E-state index contributed by atoms with van der Waals surface area (Å²) in [5.41, 5.74) is 1.15. The molecule has 1 aliphatic carbocycles. The minimum absolute atomic E-state index is 0.538. The van der Waals surface area contributed by atoms with Gasteiger partial charge in [-0.05, 0) is 25.0 Å². The molecule has 0 aromatic heterocycles. The number of benzene rings is 1. The van der Waals surface area contributed by atoms with Crippen LogP contribution in [-0.4, -0.2) is 11.8 Å². The first-order valence-electron chi connectivity index (χ1n) is 7.41. The van der Waals surface area contributed by atoms with E-state index >= 15 is 0 Å². The first kappa shape index (κ1) is 12.6. The number of hydrogen-bond acceptors (Lipinski definition) is 3. The molecule has 1 N–H and O–H groups in total. The standard InChI is InChI=1S/C16H23NO2/c1-16(2)18-14-10-9-13(11-15(14)19-16)17-12-7-5-3-4-6-8-12/h9-12,17H,3-8H2,1-2H3. The van der Waals surface area contributed by atoms with E-state index in [0.717, 1.165) is 17.2 Å². The first-order chi connectivity index (χ1) is 9.12. The molecule has 1 aromatic carbocycles. The number of anilines is 1. The average molecular weight is 261 g/mol. The zero-order valence-electron chi connectivity index (χ0n) is 11.9. The molecule has 3 heteroatoms. The summed E-state index contributed by atoms with van der Waals surface area (Å²) in [6, 6.07) is 6.77. The van der Waals surface area contributed by atoms with Gasteiger partial charge >= 0.3 is 0 Å². The van der Waals surface area contributed by atoms with Crippen molar-refractivity contribution in [3.63, 3.8) is 0 Å². The molecular formula is C16H23NO2. The molecule has 0 saturated heterocycles. The van der Waals surface area contributed by atoms with Gasteiger partial charge in [-0.2, -0.15) is 0 Å². The molecule has 0 spiro atoms. The highest BCUT2D eigenvalue weighted by Gasteiger charge is 2.31. The second-order valence-corrected chi connectivity index (χ2v) is 6.10. The van der Waals surface area contributed by atoms with Crippen LogP contribution in [0.1, 0.15) is 52.4 Å². The third-order valence-corrected chi connectivity index (χ3v) is 3.88. The Labute approximate surface area is 115 Å². The number of rotatable bonds is 2. The smallest absolute Gasteiger partial charge is 0.246 e. The molecule has 3 nitrogen and oxygen atoms in total. The van der Waals surface area contributed by atoms with Crippen LogP contribution in [-0.2, 0) is 0 Å². The van der Waals surface area contributed by atoms with E-state index < -0.39 is 5.79 Å². The Bertz CT molecular complexity index is 448. The summed E-state index contributed by atoms with van der Waals surface area (Å²) in [6.45, 7) is 3.87. The van der Waals surface area contributed by atoms with Gasteiger partial charge in [-0.3, -0.25) is 0 Å². The monoisotopic (exact) mass is 261 g/mol. The maximum Gasteiger partial charge on any atom is 0.246 e. The van der Waals surface area contributed by atoms with E-state index in [1.165, 1.54) is 38.5 Å². The first-order valence-corrected chi connectivity index (χ1v) is 7.41. The summed E-state index contributed by atoms with van der Waals surface area (Å²) >= 11 is 0. The number of fused-ring (bicyclic) bond motifs is 1. The highest BCUT2D eigenvalue weighted by Crippen LogP contribution is 2.41. The minimum Gasteiger partial charge on any atom is -0.449 e. The summed E-state index contributed by atoms with van der Waals surface area (Å²) in [7, 11) is 0. The number of hydrogen-bond donors (Lipinski definition) is 1.